The van der Waals surface area contributed by atoms with E-state index >= 15 is 0 Å². The summed E-state index contributed by atoms with van der Waals surface area (Å²) >= 11 is 0. The zero-order valence-electron chi connectivity index (χ0n) is 20.1. The summed E-state index contributed by atoms with van der Waals surface area (Å²) in [5.74, 6) is -3.13. The zero-order chi connectivity index (χ0) is 23.8. The van der Waals surface area contributed by atoms with E-state index in [4.69, 9.17) is 9.47 Å². The molecule has 1 rings (SSSR count). The van der Waals surface area contributed by atoms with Crippen LogP contribution < -0.4 is 0 Å². The van der Waals surface area contributed by atoms with Gasteiger partial charge >= 0.3 is 11.9 Å². The van der Waals surface area contributed by atoms with Crippen LogP contribution in [0.2, 0.25) is 0 Å². The van der Waals surface area contributed by atoms with Gasteiger partial charge in [-0.3, -0.25) is 4.79 Å². The number of rotatable bonds is 19. The Morgan fingerprint density at radius 1 is 0.875 bits per heavy atom. The number of esters is 2. The first-order valence-corrected chi connectivity index (χ1v) is 12.6. The fourth-order valence-corrected chi connectivity index (χ4v) is 4.16. The van der Waals surface area contributed by atoms with Crippen LogP contribution in [0.4, 0.5) is 0 Å². The Bertz CT molecular complexity index is 587. The molecule has 0 radical (unpaired) electrons. The number of carbonyl (C=O) groups excluding carboxylic acids is 2. The topological polar surface area (TPSA) is 113 Å². The monoisotopic (exact) mass is 456 g/mol. The Labute approximate surface area is 193 Å². The second-order valence-electron chi connectivity index (χ2n) is 8.92. The summed E-state index contributed by atoms with van der Waals surface area (Å²) in [6, 6.07) is 0. The van der Waals surface area contributed by atoms with Gasteiger partial charge in [0.25, 0.3) is 0 Å². The minimum absolute atomic E-state index is 0.103. The highest BCUT2D eigenvalue weighted by Gasteiger charge is 2.53. The summed E-state index contributed by atoms with van der Waals surface area (Å²) in [7, 11) is 0. The normalized spacial score (nSPS) is 19.3. The summed E-state index contributed by atoms with van der Waals surface area (Å²) < 4.78 is 10.2. The van der Waals surface area contributed by atoms with E-state index in [2.05, 4.69) is 6.92 Å². The van der Waals surface area contributed by atoms with Crippen LogP contribution in [0.15, 0.2) is 11.5 Å². The molecule has 0 aromatic heterocycles. The molecule has 0 bridgehead atoms. The first-order chi connectivity index (χ1) is 15.4. The minimum Gasteiger partial charge on any atom is -0.505 e. The number of unbranched alkanes of at least 4 members (excludes halogenated alkanes) is 12. The van der Waals surface area contributed by atoms with Gasteiger partial charge in [0.2, 0.25) is 11.4 Å². The van der Waals surface area contributed by atoms with Crippen LogP contribution in [-0.2, 0) is 19.1 Å². The van der Waals surface area contributed by atoms with E-state index in [-0.39, 0.29) is 12.8 Å². The summed E-state index contributed by atoms with van der Waals surface area (Å²) in [4.78, 5) is 23.5. The number of ether oxygens (including phenoxy) is 2. The molecule has 0 aromatic carbocycles. The van der Waals surface area contributed by atoms with Crippen LogP contribution in [-0.4, -0.2) is 45.6 Å². The molecular formula is C25H44O7. The third-order valence-corrected chi connectivity index (χ3v) is 6.14. The van der Waals surface area contributed by atoms with Crippen molar-refractivity contribution in [2.75, 3.05) is 6.61 Å². The lowest BCUT2D eigenvalue weighted by Gasteiger charge is -2.31. The van der Waals surface area contributed by atoms with Crippen molar-refractivity contribution in [2.45, 2.75) is 128 Å². The Kier molecular flexibility index (Phi) is 14.1. The number of aliphatic hydroxyl groups excluding tert-OH is 3. The fourth-order valence-electron chi connectivity index (χ4n) is 4.16. The van der Waals surface area contributed by atoms with Crippen LogP contribution in [0.3, 0.4) is 0 Å². The van der Waals surface area contributed by atoms with Crippen molar-refractivity contribution in [1.29, 1.82) is 0 Å². The van der Waals surface area contributed by atoms with Crippen molar-refractivity contribution in [2.24, 2.45) is 0 Å². The maximum atomic E-state index is 12.0. The molecule has 0 aromatic rings. The first-order valence-electron chi connectivity index (χ1n) is 12.6. The number of hydrogen-bond donors (Lipinski definition) is 3. The predicted molar refractivity (Wildman–Crippen MR) is 123 cm³/mol. The molecule has 7 nitrogen and oxygen atoms in total. The molecule has 186 valence electrons. The van der Waals surface area contributed by atoms with E-state index in [1.807, 2.05) is 0 Å². The van der Waals surface area contributed by atoms with Gasteiger partial charge in [0, 0.05) is 6.42 Å². The fraction of sp³-hybridized carbons (Fsp3) is 0.840. The lowest BCUT2D eigenvalue weighted by Crippen LogP contribution is -2.47. The summed E-state index contributed by atoms with van der Waals surface area (Å²) in [5.41, 5.74) is -1.76. The number of cyclic esters (lactones) is 1. The van der Waals surface area contributed by atoms with E-state index in [1.165, 1.54) is 64.2 Å². The Hall–Kier alpha value is -1.76. The van der Waals surface area contributed by atoms with Gasteiger partial charge in [-0.15, -0.1) is 0 Å². The second-order valence-corrected chi connectivity index (χ2v) is 8.92. The second kappa shape index (κ2) is 15.9. The molecule has 1 heterocycles. The molecule has 0 saturated carbocycles. The molecule has 1 aliphatic heterocycles. The molecule has 3 N–H and O–H groups in total. The van der Waals surface area contributed by atoms with Crippen molar-refractivity contribution in [3.05, 3.63) is 11.5 Å². The molecular weight excluding hydrogens is 412 g/mol. The van der Waals surface area contributed by atoms with E-state index < -0.39 is 41.8 Å². The maximum absolute atomic E-state index is 12.0. The molecule has 0 spiro atoms. The third kappa shape index (κ3) is 9.39. The molecule has 32 heavy (non-hydrogen) atoms. The van der Waals surface area contributed by atoms with Crippen molar-refractivity contribution in [3.63, 3.8) is 0 Å². The Morgan fingerprint density at radius 2 is 1.38 bits per heavy atom. The van der Waals surface area contributed by atoms with E-state index in [9.17, 15) is 24.9 Å². The largest absolute Gasteiger partial charge is 0.505 e. The SMILES string of the molecule is CCCCCCCCCCCCCCCC(=O)OC[C@H](O)[C@@]1(CCC)OC(=O)C(O)=C1O. The number of aliphatic hydroxyl groups is 3. The number of hydrogen-bond acceptors (Lipinski definition) is 7. The molecule has 0 fully saturated rings. The molecule has 2 atom stereocenters. The Balaban J connectivity index is 2.11. The Morgan fingerprint density at radius 3 is 1.81 bits per heavy atom. The van der Waals surface area contributed by atoms with Gasteiger partial charge in [-0.05, 0) is 12.8 Å². The quantitative estimate of drug-likeness (QED) is 0.166. The van der Waals surface area contributed by atoms with Crippen LogP contribution in [0.5, 0.6) is 0 Å². The van der Waals surface area contributed by atoms with Gasteiger partial charge in [-0.25, -0.2) is 4.79 Å². The van der Waals surface area contributed by atoms with Crippen LogP contribution in [0, 0.1) is 0 Å². The highest BCUT2D eigenvalue weighted by atomic mass is 16.6. The zero-order valence-corrected chi connectivity index (χ0v) is 20.1. The summed E-state index contributed by atoms with van der Waals surface area (Å²) in [5, 5.41) is 30.1. The van der Waals surface area contributed by atoms with Crippen LogP contribution >= 0.6 is 0 Å². The predicted octanol–water partition coefficient (Wildman–Crippen LogP) is 5.80. The van der Waals surface area contributed by atoms with E-state index in [0.29, 0.717) is 6.42 Å². The number of carbonyl (C=O) groups is 2. The van der Waals surface area contributed by atoms with Gasteiger partial charge in [-0.1, -0.05) is 97.3 Å². The molecule has 0 unspecified atom stereocenters. The summed E-state index contributed by atoms with van der Waals surface area (Å²) in [6.07, 6.45) is 15.3. The lowest BCUT2D eigenvalue weighted by atomic mass is 9.90. The molecule has 0 aliphatic carbocycles. The van der Waals surface area contributed by atoms with Gasteiger partial charge in [-0.2, -0.15) is 0 Å². The minimum atomic E-state index is -1.76. The van der Waals surface area contributed by atoms with Crippen LogP contribution in [0.1, 0.15) is 117 Å². The molecule has 0 amide bonds. The highest BCUT2D eigenvalue weighted by molar-refractivity contribution is 5.90. The van der Waals surface area contributed by atoms with E-state index in [0.717, 1.165) is 19.3 Å². The summed E-state index contributed by atoms with van der Waals surface area (Å²) in [6.45, 7) is 3.61. The molecule has 0 saturated heterocycles. The smallest absolute Gasteiger partial charge is 0.378 e. The lowest BCUT2D eigenvalue weighted by molar-refractivity contribution is -0.170. The molecule has 7 heteroatoms. The van der Waals surface area contributed by atoms with Crippen molar-refractivity contribution in [3.8, 4) is 0 Å². The van der Waals surface area contributed by atoms with Crippen molar-refractivity contribution < 1.29 is 34.4 Å². The maximum Gasteiger partial charge on any atom is 0.378 e. The highest BCUT2D eigenvalue weighted by Crippen LogP contribution is 2.37. The van der Waals surface area contributed by atoms with Crippen LogP contribution in [0.25, 0.3) is 0 Å². The van der Waals surface area contributed by atoms with Gasteiger partial charge in [0.05, 0.1) is 0 Å². The average Bonchev–Trinajstić information content (AvgIpc) is 2.99. The molecule has 1 aliphatic rings. The standard InChI is InChI=1S/C25H44O7/c1-3-5-6-7-8-9-10-11-12-13-14-15-16-17-21(27)31-19-20(26)25(18-4-2)23(29)22(28)24(30)32-25/h20,26,28-29H,3-19H2,1-2H3/t20-,25+/m0/s1. The third-order valence-electron chi connectivity index (χ3n) is 6.14. The van der Waals surface area contributed by atoms with Crippen molar-refractivity contribution >= 4 is 11.9 Å². The van der Waals surface area contributed by atoms with Gasteiger partial charge in [0.15, 0.2) is 5.76 Å². The van der Waals surface area contributed by atoms with Gasteiger partial charge in [0.1, 0.15) is 12.7 Å². The van der Waals surface area contributed by atoms with Gasteiger partial charge < -0.3 is 24.8 Å². The first kappa shape index (κ1) is 28.3. The van der Waals surface area contributed by atoms with E-state index in [1.54, 1.807) is 6.92 Å². The average molecular weight is 457 g/mol. The van der Waals surface area contributed by atoms with Crippen molar-refractivity contribution in [1.82, 2.24) is 0 Å².